The number of morpholine rings is 1. The third kappa shape index (κ3) is 9.03. The van der Waals surface area contributed by atoms with E-state index in [9.17, 15) is 9.59 Å². The van der Waals surface area contributed by atoms with Crippen molar-refractivity contribution in [3.63, 3.8) is 0 Å². The molecule has 1 saturated heterocycles. The number of esters is 1. The van der Waals surface area contributed by atoms with Crippen LogP contribution in [0.2, 0.25) is 0 Å². The Morgan fingerprint density at radius 3 is 2.47 bits per heavy atom. The highest BCUT2D eigenvalue weighted by atomic mass is 16.5. The molecule has 0 aliphatic carbocycles. The highest BCUT2D eigenvalue weighted by Gasteiger charge is 2.17. The number of carbonyl (C=O) groups excluding carboxylic acids is 2. The summed E-state index contributed by atoms with van der Waals surface area (Å²) in [6.45, 7) is 7.65. The number of nitrogens with one attached hydrogen (secondary N) is 1. The van der Waals surface area contributed by atoms with Gasteiger partial charge in [0, 0.05) is 32.7 Å². The predicted molar refractivity (Wildman–Crippen MR) is 130 cm³/mol. The van der Waals surface area contributed by atoms with Gasteiger partial charge in [-0.1, -0.05) is 42.5 Å². The van der Waals surface area contributed by atoms with Gasteiger partial charge in [0.15, 0.2) is 0 Å². The fraction of sp³-hybridized carbons (Fsp3) is 0.462. The second-order valence-electron chi connectivity index (χ2n) is 8.11. The van der Waals surface area contributed by atoms with Crippen LogP contribution >= 0.6 is 0 Å². The lowest BCUT2D eigenvalue weighted by Gasteiger charge is -2.28. The lowest BCUT2D eigenvalue weighted by molar-refractivity contribution is -0.141. The molecule has 2 aromatic carbocycles. The summed E-state index contributed by atoms with van der Waals surface area (Å²) in [6, 6.07) is 17.5. The van der Waals surface area contributed by atoms with E-state index in [4.69, 9.17) is 14.2 Å². The highest BCUT2D eigenvalue weighted by molar-refractivity contribution is 5.80. The second kappa shape index (κ2) is 14.2. The molecule has 34 heavy (non-hydrogen) atoms. The molecule has 0 unspecified atom stereocenters. The summed E-state index contributed by atoms with van der Waals surface area (Å²) in [4.78, 5) is 28.6. The summed E-state index contributed by atoms with van der Waals surface area (Å²) in [5, 5.41) is 2.68. The van der Waals surface area contributed by atoms with Gasteiger partial charge in [0.25, 0.3) is 0 Å². The average molecular weight is 470 g/mol. The molecule has 3 rings (SSSR count). The molecule has 0 saturated carbocycles. The Hall–Kier alpha value is -3.10. The zero-order valence-electron chi connectivity index (χ0n) is 19.9. The molecular formula is C26H35N3O5. The fourth-order valence-electron chi connectivity index (χ4n) is 3.69. The summed E-state index contributed by atoms with van der Waals surface area (Å²) < 4.78 is 16.2. The monoisotopic (exact) mass is 469 g/mol. The number of carbonyl (C=O) groups is 2. The molecule has 2 amide bonds. The van der Waals surface area contributed by atoms with E-state index in [0.29, 0.717) is 19.7 Å². The first kappa shape index (κ1) is 25.5. The van der Waals surface area contributed by atoms with E-state index in [1.807, 2.05) is 54.6 Å². The molecule has 8 heteroatoms. The van der Waals surface area contributed by atoms with E-state index in [1.165, 1.54) is 0 Å². The number of rotatable bonds is 12. The zero-order chi connectivity index (χ0) is 24.0. The van der Waals surface area contributed by atoms with Crippen LogP contribution in [0.15, 0.2) is 54.6 Å². The summed E-state index contributed by atoms with van der Waals surface area (Å²) in [7, 11) is 0. The van der Waals surface area contributed by atoms with Gasteiger partial charge < -0.3 is 24.4 Å². The molecule has 0 aromatic heterocycles. The Bertz CT molecular complexity index is 870. The van der Waals surface area contributed by atoms with Crippen LogP contribution < -0.4 is 10.1 Å². The Labute approximate surface area is 201 Å². The van der Waals surface area contributed by atoms with Crippen molar-refractivity contribution < 1.29 is 23.8 Å². The van der Waals surface area contributed by atoms with Gasteiger partial charge in [-0.25, -0.2) is 4.79 Å². The first-order valence-corrected chi connectivity index (χ1v) is 11.9. The number of ether oxygens (including phenoxy) is 3. The van der Waals surface area contributed by atoms with Crippen molar-refractivity contribution in [3.8, 4) is 5.75 Å². The van der Waals surface area contributed by atoms with Crippen LogP contribution in [0.4, 0.5) is 4.79 Å². The van der Waals surface area contributed by atoms with E-state index in [-0.39, 0.29) is 19.2 Å². The molecule has 0 bridgehead atoms. The molecule has 0 radical (unpaired) electrons. The maximum atomic E-state index is 12.8. The van der Waals surface area contributed by atoms with Crippen LogP contribution in [0.3, 0.4) is 0 Å². The number of amides is 2. The summed E-state index contributed by atoms with van der Waals surface area (Å²) in [5.74, 6) is 0.335. The number of hydrogen-bond donors (Lipinski definition) is 1. The van der Waals surface area contributed by atoms with Crippen molar-refractivity contribution in [1.82, 2.24) is 15.1 Å². The van der Waals surface area contributed by atoms with E-state index >= 15 is 0 Å². The van der Waals surface area contributed by atoms with Crippen molar-refractivity contribution >= 4 is 12.0 Å². The van der Waals surface area contributed by atoms with Gasteiger partial charge in [-0.05, 0) is 36.6 Å². The van der Waals surface area contributed by atoms with Crippen LogP contribution in [0.1, 0.15) is 24.5 Å². The van der Waals surface area contributed by atoms with E-state index in [2.05, 4.69) is 10.2 Å². The lowest BCUT2D eigenvalue weighted by atomic mass is 10.2. The minimum Gasteiger partial charge on any atom is -0.489 e. The number of benzene rings is 2. The Morgan fingerprint density at radius 1 is 1.03 bits per heavy atom. The summed E-state index contributed by atoms with van der Waals surface area (Å²) >= 11 is 0. The molecule has 1 fully saturated rings. The Morgan fingerprint density at radius 2 is 1.76 bits per heavy atom. The minimum atomic E-state index is -0.441. The van der Waals surface area contributed by atoms with E-state index in [0.717, 1.165) is 56.1 Å². The number of urea groups is 1. The van der Waals surface area contributed by atoms with Gasteiger partial charge in [0.2, 0.25) is 0 Å². The molecule has 1 aliphatic heterocycles. The molecule has 1 aliphatic rings. The van der Waals surface area contributed by atoms with Gasteiger partial charge in [0.1, 0.15) is 18.9 Å². The van der Waals surface area contributed by atoms with Crippen molar-refractivity contribution in [2.45, 2.75) is 26.5 Å². The molecular weight excluding hydrogens is 434 g/mol. The van der Waals surface area contributed by atoms with Crippen molar-refractivity contribution in [2.24, 2.45) is 0 Å². The third-order valence-corrected chi connectivity index (χ3v) is 5.53. The Kier molecular flexibility index (Phi) is 10.7. The van der Waals surface area contributed by atoms with Crippen LogP contribution in [0.5, 0.6) is 5.75 Å². The van der Waals surface area contributed by atoms with Crippen molar-refractivity contribution in [3.05, 3.63) is 65.7 Å². The van der Waals surface area contributed by atoms with Gasteiger partial charge in [-0.2, -0.15) is 0 Å². The Balaban J connectivity index is 1.53. The standard InChI is InChI=1S/C26H35N3O5/c1-2-33-25(30)19-27-26(31)29(14-6-13-28-15-17-32-18-16-28)20-22-9-11-24(12-10-22)34-21-23-7-4-3-5-8-23/h3-5,7-12H,2,6,13-21H2,1H3,(H,27,31). The largest absolute Gasteiger partial charge is 0.489 e. The van der Waals surface area contributed by atoms with Gasteiger partial charge in [0.05, 0.1) is 19.8 Å². The average Bonchev–Trinajstić information content (AvgIpc) is 2.87. The molecule has 0 spiro atoms. The van der Waals surface area contributed by atoms with Crippen LogP contribution in [0.25, 0.3) is 0 Å². The smallest absolute Gasteiger partial charge is 0.325 e. The first-order chi connectivity index (χ1) is 16.6. The van der Waals surface area contributed by atoms with Gasteiger partial charge >= 0.3 is 12.0 Å². The number of hydrogen-bond acceptors (Lipinski definition) is 6. The van der Waals surface area contributed by atoms with E-state index < -0.39 is 5.97 Å². The molecule has 8 nitrogen and oxygen atoms in total. The zero-order valence-corrected chi connectivity index (χ0v) is 19.9. The molecule has 1 heterocycles. The molecule has 2 aromatic rings. The summed E-state index contributed by atoms with van der Waals surface area (Å²) in [6.07, 6.45) is 0.838. The predicted octanol–water partition coefficient (Wildman–Crippen LogP) is 3.06. The highest BCUT2D eigenvalue weighted by Crippen LogP contribution is 2.16. The van der Waals surface area contributed by atoms with Crippen LogP contribution in [-0.4, -0.2) is 74.3 Å². The van der Waals surface area contributed by atoms with E-state index in [1.54, 1.807) is 11.8 Å². The maximum absolute atomic E-state index is 12.8. The van der Waals surface area contributed by atoms with Gasteiger partial charge in [-0.3, -0.25) is 9.69 Å². The van der Waals surface area contributed by atoms with Gasteiger partial charge in [-0.15, -0.1) is 0 Å². The number of nitrogens with zero attached hydrogens (tertiary/aromatic N) is 2. The third-order valence-electron chi connectivity index (χ3n) is 5.53. The second-order valence-corrected chi connectivity index (χ2v) is 8.11. The molecule has 184 valence electrons. The first-order valence-electron chi connectivity index (χ1n) is 11.9. The normalized spacial score (nSPS) is 13.8. The topological polar surface area (TPSA) is 80.3 Å². The SMILES string of the molecule is CCOC(=O)CNC(=O)N(CCCN1CCOCC1)Cc1ccc(OCc2ccccc2)cc1. The quantitative estimate of drug-likeness (QED) is 0.482. The van der Waals surface area contributed by atoms with Crippen molar-refractivity contribution in [1.29, 1.82) is 0 Å². The molecule has 0 atom stereocenters. The summed E-state index contributed by atoms with van der Waals surface area (Å²) in [5.41, 5.74) is 2.10. The maximum Gasteiger partial charge on any atom is 0.325 e. The fourth-order valence-corrected chi connectivity index (χ4v) is 3.69. The van der Waals surface area contributed by atoms with Crippen LogP contribution in [0, 0.1) is 0 Å². The van der Waals surface area contributed by atoms with Crippen LogP contribution in [-0.2, 0) is 27.4 Å². The minimum absolute atomic E-state index is 0.140. The lowest BCUT2D eigenvalue weighted by Crippen LogP contribution is -2.43. The van der Waals surface area contributed by atoms with Crippen molar-refractivity contribution in [2.75, 3.05) is 52.5 Å². The molecule has 1 N–H and O–H groups in total.